The lowest BCUT2D eigenvalue weighted by atomic mass is 10.5. The third kappa shape index (κ3) is 7.79. The maximum atomic E-state index is 11.4. The second-order valence-electron chi connectivity index (χ2n) is 8.32. The monoisotopic (exact) mass is 346 g/mol. The van der Waals surface area contributed by atoms with Crippen LogP contribution < -0.4 is 0 Å². The summed E-state index contributed by atoms with van der Waals surface area (Å²) in [5, 5.41) is 0. The molecule has 0 aromatic heterocycles. The lowest BCUT2D eigenvalue weighted by Crippen LogP contribution is -2.47. The largest absolute Gasteiger partial charge is 0.469 e. The minimum atomic E-state index is -1.27. The fourth-order valence-corrected chi connectivity index (χ4v) is 30.3. The van der Waals surface area contributed by atoms with Gasteiger partial charge in [0.2, 0.25) is 0 Å². The summed E-state index contributed by atoms with van der Waals surface area (Å²) in [5.74, 6) is -0.0329. The molecular formula is C16H38O2Si3. The summed E-state index contributed by atoms with van der Waals surface area (Å²) in [6.07, 6.45) is 0.623. The van der Waals surface area contributed by atoms with Gasteiger partial charge in [0.05, 0.1) is 15.2 Å². The Hall–Kier alpha value is 0.121. The van der Waals surface area contributed by atoms with E-state index in [1.54, 1.807) is 5.67 Å². The van der Waals surface area contributed by atoms with Crippen molar-refractivity contribution >= 4 is 30.2 Å². The van der Waals surface area contributed by atoms with E-state index in [-0.39, 0.29) is 5.97 Å². The maximum absolute atomic E-state index is 11.4. The zero-order valence-corrected chi connectivity index (χ0v) is 18.8. The molecule has 0 saturated carbocycles. The molecular weight excluding hydrogens is 308 g/mol. The van der Waals surface area contributed by atoms with E-state index in [9.17, 15) is 4.79 Å². The smallest absolute Gasteiger partial charge is 0.305 e. The van der Waals surface area contributed by atoms with E-state index in [1.807, 2.05) is 0 Å². The van der Waals surface area contributed by atoms with E-state index in [0.717, 1.165) is 6.04 Å². The molecule has 21 heavy (non-hydrogen) atoms. The van der Waals surface area contributed by atoms with Crippen molar-refractivity contribution in [1.82, 2.24) is 0 Å². The van der Waals surface area contributed by atoms with Crippen molar-refractivity contribution in [3.8, 4) is 0 Å². The van der Waals surface area contributed by atoms with Crippen LogP contribution in [0.25, 0.3) is 0 Å². The highest BCUT2D eigenvalue weighted by Crippen LogP contribution is 2.35. The normalized spacial score (nSPS) is 13.3. The Balaban J connectivity index is 4.73. The molecule has 5 heteroatoms. The molecule has 0 saturated heterocycles. The molecule has 0 amide bonds. The van der Waals surface area contributed by atoms with E-state index >= 15 is 0 Å². The minimum absolute atomic E-state index is 0.0329. The molecule has 0 N–H and O–H groups in total. The van der Waals surface area contributed by atoms with Crippen molar-refractivity contribution in [2.75, 3.05) is 7.11 Å². The topological polar surface area (TPSA) is 26.3 Å². The molecule has 0 aromatic rings. The summed E-state index contributed by atoms with van der Waals surface area (Å²) in [5.41, 5.74) is 3.05. The van der Waals surface area contributed by atoms with Gasteiger partial charge in [-0.2, -0.15) is 0 Å². The summed E-state index contributed by atoms with van der Waals surface area (Å²) < 4.78 is 4.81. The number of ether oxygens (including phenoxy) is 1. The first-order chi connectivity index (χ1) is 9.55. The number of hydrogen-bond acceptors (Lipinski definition) is 2. The van der Waals surface area contributed by atoms with Gasteiger partial charge in [-0.05, 0) is 6.04 Å². The fraction of sp³-hybridized carbons (Fsp3) is 0.938. The van der Waals surface area contributed by atoms with Crippen molar-refractivity contribution in [1.29, 1.82) is 0 Å². The van der Waals surface area contributed by atoms with Gasteiger partial charge in [-0.15, -0.1) is 0 Å². The van der Waals surface area contributed by atoms with E-state index < -0.39 is 24.2 Å². The van der Waals surface area contributed by atoms with Gasteiger partial charge in [0, 0.05) is 22.6 Å². The Morgan fingerprint density at radius 1 is 0.857 bits per heavy atom. The first-order valence-corrected chi connectivity index (χ1v) is 18.3. The van der Waals surface area contributed by atoms with E-state index in [4.69, 9.17) is 4.74 Å². The van der Waals surface area contributed by atoms with Gasteiger partial charge in [-0.1, -0.05) is 76.4 Å². The van der Waals surface area contributed by atoms with Crippen molar-refractivity contribution in [2.24, 2.45) is 0 Å². The second-order valence-corrected chi connectivity index (χ2v) is 25.4. The molecule has 0 bridgehead atoms. The average Bonchev–Trinajstić information content (AvgIpc) is 2.41. The van der Waals surface area contributed by atoms with Gasteiger partial charge < -0.3 is 4.74 Å². The highest BCUT2D eigenvalue weighted by Gasteiger charge is 2.39. The van der Waals surface area contributed by atoms with Crippen LogP contribution in [0.15, 0.2) is 0 Å². The number of esters is 1. The average molecular weight is 347 g/mol. The quantitative estimate of drug-likeness (QED) is 0.383. The standard InChI is InChI=1S/C16H38O2Si3/c1-9-21(10-2,11-3)15-20(7,8)14-19(5,6)13-12-16(17)18-4/h9-15H2,1-8H3. The number of carbonyl (C=O) groups is 1. The molecule has 0 aliphatic rings. The molecule has 0 aromatic carbocycles. The summed E-state index contributed by atoms with van der Waals surface area (Å²) in [6.45, 7) is 17.4. The van der Waals surface area contributed by atoms with E-state index in [1.165, 1.54) is 30.9 Å². The fourth-order valence-electron chi connectivity index (χ4n) is 4.13. The third-order valence-corrected chi connectivity index (χ3v) is 25.9. The van der Waals surface area contributed by atoms with Crippen molar-refractivity contribution < 1.29 is 9.53 Å². The highest BCUT2D eigenvalue weighted by molar-refractivity contribution is 7.03. The number of methoxy groups -OCH3 is 1. The maximum Gasteiger partial charge on any atom is 0.305 e. The number of carbonyl (C=O) groups excluding carboxylic acids is 1. The van der Waals surface area contributed by atoms with E-state index in [0.29, 0.717) is 6.42 Å². The number of rotatable bonds is 10. The Morgan fingerprint density at radius 3 is 1.71 bits per heavy atom. The lowest BCUT2D eigenvalue weighted by Gasteiger charge is -2.39. The van der Waals surface area contributed by atoms with Gasteiger partial charge in [-0.3, -0.25) is 4.79 Å². The van der Waals surface area contributed by atoms with Crippen LogP contribution in [0.4, 0.5) is 0 Å². The van der Waals surface area contributed by atoms with Crippen LogP contribution in [-0.4, -0.2) is 37.3 Å². The molecule has 0 atom stereocenters. The van der Waals surface area contributed by atoms with Gasteiger partial charge in [0.1, 0.15) is 0 Å². The van der Waals surface area contributed by atoms with Gasteiger partial charge in [0.15, 0.2) is 0 Å². The summed E-state index contributed by atoms with van der Waals surface area (Å²) in [7, 11) is -1.93. The van der Waals surface area contributed by atoms with Crippen LogP contribution in [-0.2, 0) is 9.53 Å². The highest BCUT2D eigenvalue weighted by atomic mass is 28.4. The van der Waals surface area contributed by atoms with Crippen molar-refractivity contribution in [3.05, 3.63) is 0 Å². The summed E-state index contributed by atoms with van der Waals surface area (Å²) >= 11 is 0. The Morgan fingerprint density at radius 2 is 1.33 bits per heavy atom. The molecule has 2 nitrogen and oxygen atoms in total. The first-order valence-electron chi connectivity index (χ1n) is 8.62. The van der Waals surface area contributed by atoms with Crippen LogP contribution in [0.5, 0.6) is 0 Å². The molecule has 0 aliphatic heterocycles. The molecule has 0 radical (unpaired) electrons. The Bertz CT molecular complexity index is 315. The van der Waals surface area contributed by atoms with Crippen LogP contribution >= 0.6 is 0 Å². The van der Waals surface area contributed by atoms with Gasteiger partial charge >= 0.3 is 5.97 Å². The van der Waals surface area contributed by atoms with E-state index in [2.05, 4.69) is 47.0 Å². The molecule has 0 aliphatic carbocycles. The predicted octanol–water partition coefficient (Wildman–Crippen LogP) is 5.55. The van der Waals surface area contributed by atoms with Crippen LogP contribution in [0, 0.1) is 0 Å². The molecule has 0 heterocycles. The Kier molecular flexibility index (Phi) is 8.72. The van der Waals surface area contributed by atoms with Gasteiger partial charge in [-0.25, -0.2) is 0 Å². The Labute approximate surface area is 136 Å². The van der Waals surface area contributed by atoms with Crippen LogP contribution in [0.2, 0.25) is 61.7 Å². The molecule has 0 unspecified atom stereocenters. The lowest BCUT2D eigenvalue weighted by molar-refractivity contribution is -0.140. The van der Waals surface area contributed by atoms with Crippen molar-refractivity contribution in [3.63, 3.8) is 0 Å². The first kappa shape index (κ1) is 21.1. The van der Waals surface area contributed by atoms with Crippen LogP contribution in [0.1, 0.15) is 27.2 Å². The zero-order chi connectivity index (χ0) is 16.7. The molecule has 0 rings (SSSR count). The summed E-state index contributed by atoms with van der Waals surface area (Å²) in [6, 6.07) is 5.43. The number of hydrogen-bond donors (Lipinski definition) is 0. The van der Waals surface area contributed by atoms with Gasteiger partial charge in [0.25, 0.3) is 0 Å². The SMILES string of the molecule is CC[Si](CC)(CC)C[Si](C)(C)C[Si](C)(C)CCC(=O)OC. The molecule has 0 spiro atoms. The molecule has 0 fully saturated rings. The van der Waals surface area contributed by atoms with Crippen LogP contribution in [0.3, 0.4) is 0 Å². The second kappa shape index (κ2) is 8.67. The third-order valence-electron chi connectivity index (χ3n) is 5.29. The minimum Gasteiger partial charge on any atom is -0.469 e. The predicted molar refractivity (Wildman–Crippen MR) is 103 cm³/mol. The zero-order valence-electron chi connectivity index (χ0n) is 15.8. The molecule has 126 valence electrons. The van der Waals surface area contributed by atoms with Crippen molar-refractivity contribution in [2.45, 2.75) is 88.9 Å². The summed E-state index contributed by atoms with van der Waals surface area (Å²) in [4.78, 5) is 11.4.